The van der Waals surface area contributed by atoms with E-state index in [4.69, 9.17) is 9.47 Å². The molecule has 9 nitrogen and oxygen atoms in total. The molecule has 0 fully saturated rings. The lowest BCUT2D eigenvalue weighted by Crippen LogP contribution is -2.05. The summed E-state index contributed by atoms with van der Waals surface area (Å²) in [4.78, 5) is 15.5. The lowest BCUT2D eigenvalue weighted by atomic mass is 10.2. The summed E-state index contributed by atoms with van der Waals surface area (Å²) < 4.78 is 10.6. The van der Waals surface area contributed by atoms with Crippen LogP contribution in [0.15, 0.2) is 48.7 Å². The Hall–Kier alpha value is -3.88. The van der Waals surface area contributed by atoms with Gasteiger partial charge in [-0.1, -0.05) is 0 Å². The number of anilines is 5. The van der Waals surface area contributed by atoms with Crippen LogP contribution < -0.4 is 25.4 Å². The van der Waals surface area contributed by atoms with Crippen LogP contribution in [0.4, 0.5) is 28.8 Å². The van der Waals surface area contributed by atoms with E-state index in [2.05, 4.69) is 31.1 Å². The van der Waals surface area contributed by atoms with Gasteiger partial charge in [-0.25, -0.2) is 0 Å². The third-order valence-corrected chi connectivity index (χ3v) is 3.69. The summed E-state index contributed by atoms with van der Waals surface area (Å²) in [5.41, 5.74) is 2.19. The van der Waals surface area contributed by atoms with Crippen LogP contribution in [-0.4, -0.2) is 35.3 Å². The minimum Gasteiger partial charge on any atom is -0.497 e. The SMILES string of the molecule is COc1ccc(Nc2nncc(Nc3ccc(NC(C)=O)cc3)n2)c(OC)c1. The van der Waals surface area contributed by atoms with Crippen LogP contribution in [0, 0.1) is 0 Å². The van der Waals surface area contributed by atoms with E-state index in [-0.39, 0.29) is 5.91 Å². The quantitative estimate of drug-likeness (QED) is 0.572. The van der Waals surface area contributed by atoms with Gasteiger partial charge in [-0.3, -0.25) is 4.79 Å². The maximum Gasteiger partial charge on any atom is 0.249 e. The molecule has 0 radical (unpaired) electrons. The van der Waals surface area contributed by atoms with Crippen molar-refractivity contribution in [1.82, 2.24) is 15.2 Å². The van der Waals surface area contributed by atoms with E-state index in [1.165, 1.54) is 13.1 Å². The number of carbonyl (C=O) groups excluding carboxylic acids is 1. The average Bonchev–Trinajstić information content (AvgIpc) is 2.70. The van der Waals surface area contributed by atoms with Gasteiger partial charge in [0.05, 0.1) is 26.1 Å². The molecule has 9 heteroatoms. The van der Waals surface area contributed by atoms with Gasteiger partial charge < -0.3 is 25.4 Å². The van der Waals surface area contributed by atoms with Crippen LogP contribution in [0.1, 0.15) is 6.92 Å². The molecule has 0 unspecified atom stereocenters. The van der Waals surface area contributed by atoms with Gasteiger partial charge in [0, 0.05) is 24.4 Å². The third kappa shape index (κ3) is 4.85. The summed E-state index contributed by atoms with van der Waals surface area (Å²) in [6.45, 7) is 1.46. The molecule has 144 valence electrons. The Kier molecular flexibility index (Phi) is 5.85. The molecule has 0 saturated heterocycles. The van der Waals surface area contributed by atoms with Gasteiger partial charge in [0.1, 0.15) is 11.5 Å². The number of aromatic nitrogens is 3. The first-order valence-corrected chi connectivity index (χ1v) is 8.41. The van der Waals surface area contributed by atoms with Gasteiger partial charge in [-0.05, 0) is 36.4 Å². The summed E-state index contributed by atoms with van der Waals surface area (Å²) in [6.07, 6.45) is 1.51. The Labute approximate surface area is 162 Å². The third-order valence-electron chi connectivity index (χ3n) is 3.69. The molecule has 2 aromatic carbocycles. The number of methoxy groups -OCH3 is 2. The molecular weight excluding hydrogens is 360 g/mol. The predicted octanol–water partition coefficient (Wildman–Crippen LogP) is 3.33. The van der Waals surface area contributed by atoms with Crippen molar-refractivity contribution in [2.24, 2.45) is 0 Å². The van der Waals surface area contributed by atoms with Crippen molar-refractivity contribution in [3.8, 4) is 11.5 Å². The number of nitrogens with zero attached hydrogens (tertiary/aromatic N) is 3. The summed E-state index contributed by atoms with van der Waals surface area (Å²) in [7, 11) is 3.16. The molecule has 0 atom stereocenters. The lowest BCUT2D eigenvalue weighted by Gasteiger charge is -2.12. The van der Waals surface area contributed by atoms with Crippen molar-refractivity contribution in [3.05, 3.63) is 48.7 Å². The fourth-order valence-corrected chi connectivity index (χ4v) is 2.43. The predicted molar refractivity (Wildman–Crippen MR) is 107 cm³/mol. The van der Waals surface area contributed by atoms with Gasteiger partial charge in [0.2, 0.25) is 11.9 Å². The number of benzene rings is 2. The molecule has 0 spiro atoms. The van der Waals surface area contributed by atoms with Crippen molar-refractivity contribution in [2.75, 3.05) is 30.2 Å². The first-order chi connectivity index (χ1) is 13.6. The maximum absolute atomic E-state index is 11.1. The van der Waals surface area contributed by atoms with E-state index in [1.807, 2.05) is 18.2 Å². The molecular formula is C19H20N6O3. The molecule has 1 amide bonds. The zero-order chi connectivity index (χ0) is 19.9. The van der Waals surface area contributed by atoms with E-state index in [0.717, 1.165) is 5.69 Å². The van der Waals surface area contributed by atoms with Crippen LogP contribution in [-0.2, 0) is 4.79 Å². The van der Waals surface area contributed by atoms with Crippen molar-refractivity contribution in [3.63, 3.8) is 0 Å². The largest absolute Gasteiger partial charge is 0.497 e. The summed E-state index contributed by atoms with van der Waals surface area (Å²) in [5, 5.41) is 16.9. The van der Waals surface area contributed by atoms with Gasteiger partial charge in [0.25, 0.3) is 0 Å². The Bertz CT molecular complexity index is 962. The normalized spacial score (nSPS) is 10.1. The van der Waals surface area contributed by atoms with Gasteiger partial charge >= 0.3 is 0 Å². The molecule has 3 N–H and O–H groups in total. The van der Waals surface area contributed by atoms with Gasteiger partial charge in [0.15, 0.2) is 5.82 Å². The average molecular weight is 380 g/mol. The number of nitrogens with one attached hydrogen (secondary N) is 3. The molecule has 0 aliphatic heterocycles. The highest BCUT2D eigenvalue weighted by atomic mass is 16.5. The van der Waals surface area contributed by atoms with Crippen LogP contribution in [0.25, 0.3) is 0 Å². The van der Waals surface area contributed by atoms with Crippen LogP contribution in [0.2, 0.25) is 0 Å². The van der Waals surface area contributed by atoms with Gasteiger partial charge in [-0.15, -0.1) is 5.10 Å². The molecule has 3 rings (SSSR count). The second-order valence-corrected chi connectivity index (χ2v) is 5.74. The minimum atomic E-state index is -0.120. The van der Waals surface area contributed by atoms with Crippen LogP contribution >= 0.6 is 0 Å². The summed E-state index contributed by atoms with van der Waals surface area (Å²) >= 11 is 0. The highest BCUT2D eigenvalue weighted by Crippen LogP contribution is 2.30. The summed E-state index contributed by atoms with van der Waals surface area (Å²) in [6, 6.07) is 12.6. The smallest absolute Gasteiger partial charge is 0.249 e. The topological polar surface area (TPSA) is 110 Å². The zero-order valence-corrected chi connectivity index (χ0v) is 15.7. The van der Waals surface area contributed by atoms with E-state index in [0.29, 0.717) is 34.6 Å². The fraction of sp³-hybridized carbons (Fsp3) is 0.158. The lowest BCUT2D eigenvalue weighted by molar-refractivity contribution is -0.114. The van der Waals surface area contributed by atoms with E-state index >= 15 is 0 Å². The molecule has 0 bridgehead atoms. The van der Waals surface area contributed by atoms with Gasteiger partial charge in [-0.2, -0.15) is 10.1 Å². The number of amides is 1. The monoisotopic (exact) mass is 380 g/mol. The first kappa shape index (κ1) is 18.9. The number of carbonyl (C=O) groups is 1. The molecule has 28 heavy (non-hydrogen) atoms. The zero-order valence-electron chi connectivity index (χ0n) is 15.7. The van der Waals surface area contributed by atoms with E-state index in [9.17, 15) is 4.79 Å². The Morgan fingerprint density at radius 2 is 1.71 bits per heavy atom. The van der Waals surface area contributed by atoms with Crippen molar-refractivity contribution < 1.29 is 14.3 Å². The molecule has 0 aliphatic rings. The Balaban J connectivity index is 1.73. The number of ether oxygens (including phenoxy) is 2. The van der Waals surface area contributed by atoms with Crippen molar-refractivity contribution in [2.45, 2.75) is 6.92 Å². The molecule has 0 saturated carbocycles. The second kappa shape index (κ2) is 8.67. The Morgan fingerprint density at radius 1 is 0.964 bits per heavy atom. The number of rotatable bonds is 7. The van der Waals surface area contributed by atoms with Crippen LogP contribution in [0.5, 0.6) is 11.5 Å². The van der Waals surface area contributed by atoms with Crippen molar-refractivity contribution in [1.29, 1.82) is 0 Å². The molecule has 0 aliphatic carbocycles. The minimum absolute atomic E-state index is 0.120. The highest BCUT2D eigenvalue weighted by molar-refractivity contribution is 5.88. The highest BCUT2D eigenvalue weighted by Gasteiger charge is 2.08. The van der Waals surface area contributed by atoms with Crippen molar-refractivity contribution >= 4 is 34.7 Å². The molecule has 1 heterocycles. The van der Waals surface area contributed by atoms with E-state index in [1.54, 1.807) is 38.5 Å². The maximum atomic E-state index is 11.1. The number of hydrogen-bond donors (Lipinski definition) is 3. The summed E-state index contributed by atoms with van der Waals surface area (Å²) in [5.74, 6) is 1.97. The van der Waals surface area contributed by atoms with E-state index < -0.39 is 0 Å². The van der Waals surface area contributed by atoms with Crippen LogP contribution in [0.3, 0.4) is 0 Å². The molecule has 3 aromatic rings. The number of hydrogen-bond acceptors (Lipinski definition) is 8. The standard InChI is InChI=1S/C19H20N6O3/c1-12(26)21-13-4-6-14(7-5-13)22-18-11-20-25-19(24-18)23-16-9-8-15(27-2)10-17(16)28-3/h4-11H,1-3H3,(H,21,26)(H2,22,23,24,25). The second-order valence-electron chi connectivity index (χ2n) is 5.74. The Morgan fingerprint density at radius 3 is 2.39 bits per heavy atom. The molecule has 1 aromatic heterocycles. The fourth-order valence-electron chi connectivity index (χ4n) is 2.43. The first-order valence-electron chi connectivity index (χ1n) is 8.41.